The van der Waals surface area contributed by atoms with E-state index in [2.05, 4.69) is 10.3 Å². The average Bonchev–Trinajstić information content (AvgIpc) is 3.52. The Morgan fingerprint density at radius 2 is 1.86 bits per heavy atom. The van der Waals surface area contributed by atoms with Gasteiger partial charge in [0.25, 0.3) is 5.91 Å². The van der Waals surface area contributed by atoms with Crippen molar-refractivity contribution in [2.75, 3.05) is 11.9 Å². The molecule has 3 heterocycles. The molecular formula is C27H19ClN4O4. The summed E-state index contributed by atoms with van der Waals surface area (Å²) in [6.07, 6.45) is 6.11. The molecule has 3 aromatic heterocycles. The van der Waals surface area contributed by atoms with E-state index < -0.39 is 18.5 Å². The summed E-state index contributed by atoms with van der Waals surface area (Å²) in [7, 11) is 0. The summed E-state index contributed by atoms with van der Waals surface area (Å²) in [6, 6.07) is 22.4. The lowest BCUT2D eigenvalue weighted by molar-refractivity contribution is -0.142. The average molecular weight is 499 g/mol. The first-order valence-corrected chi connectivity index (χ1v) is 11.3. The summed E-state index contributed by atoms with van der Waals surface area (Å²) in [5.41, 5.74) is 3.11. The predicted octanol–water partition coefficient (Wildman–Crippen LogP) is 5.53. The fourth-order valence-corrected chi connectivity index (χ4v) is 3.69. The lowest BCUT2D eigenvalue weighted by Crippen LogP contribution is -2.20. The van der Waals surface area contributed by atoms with Crippen LogP contribution in [0.1, 0.15) is 5.56 Å². The number of nitrogens with one attached hydrogen (secondary N) is 1. The first-order valence-electron chi connectivity index (χ1n) is 11.0. The predicted molar refractivity (Wildman–Crippen MR) is 137 cm³/mol. The zero-order valence-corrected chi connectivity index (χ0v) is 19.6. The molecule has 0 unspecified atom stereocenters. The molecule has 178 valence electrons. The molecule has 36 heavy (non-hydrogen) atoms. The van der Waals surface area contributed by atoms with Crippen LogP contribution in [0.15, 0.2) is 95.7 Å². The van der Waals surface area contributed by atoms with Gasteiger partial charge in [-0.15, -0.1) is 0 Å². The van der Waals surface area contributed by atoms with Gasteiger partial charge in [0, 0.05) is 29.4 Å². The van der Waals surface area contributed by atoms with Gasteiger partial charge < -0.3 is 14.5 Å². The van der Waals surface area contributed by atoms with Crippen LogP contribution in [-0.4, -0.2) is 33.2 Å². The summed E-state index contributed by atoms with van der Waals surface area (Å²) < 4.78 is 12.8. The minimum absolute atomic E-state index is 0.144. The Kier molecular flexibility index (Phi) is 6.59. The molecule has 0 aliphatic carbocycles. The number of nitrogens with zero attached hydrogens (tertiary/aromatic N) is 3. The zero-order valence-electron chi connectivity index (χ0n) is 18.8. The summed E-state index contributed by atoms with van der Waals surface area (Å²) in [4.78, 5) is 28.3. The molecular weight excluding hydrogens is 480 g/mol. The summed E-state index contributed by atoms with van der Waals surface area (Å²) >= 11 is 5.93. The molecule has 5 aromatic rings. The van der Waals surface area contributed by atoms with Crippen molar-refractivity contribution in [3.05, 3.63) is 102 Å². The van der Waals surface area contributed by atoms with Gasteiger partial charge in [-0.05, 0) is 42.5 Å². The lowest BCUT2D eigenvalue weighted by Gasteiger charge is -2.06. The number of amides is 1. The molecule has 8 nitrogen and oxygen atoms in total. The number of pyridine rings is 1. The van der Waals surface area contributed by atoms with Gasteiger partial charge in [0.05, 0.1) is 11.4 Å². The smallest absolute Gasteiger partial charge is 0.331 e. The van der Waals surface area contributed by atoms with E-state index in [0.717, 1.165) is 16.7 Å². The number of esters is 1. The van der Waals surface area contributed by atoms with Gasteiger partial charge in [-0.3, -0.25) is 4.79 Å². The lowest BCUT2D eigenvalue weighted by atomic mass is 10.2. The number of furan rings is 1. The SMILES string of the molecule is O=C(COC(=O)/C=C/c1cn(-c2ccccc2)nc1-c1cc2ccccc2o1)Nc1cccnc1Cl. The van der Waals surface area contributed by atoms with Crippen LogP contribution in [0.3, 0.4) is 0 Å². The number of hydrogen-bond donors (Lipinski definition) is 1. The topological polar surface area (TPSA) is 99.3 Å². The first kappa shape index (κ1) is 23.1. The van der Waals surface area contributed by atoms with Crippen molar-refractivity contribution in [3.8, 4) is 17.1 Å². The van der Waals surface area contributed by atoms with Crippen LogP contribution in [0, 0.1) is 0 Å². The fraction of sp³-hybridized carbons (Fsp3) is 0.0370. The van der Waals surface area contributed by atoms with E-state index in [9.17, 15) is 9.59 Å². The maximum atomic E-state index is 12.3. The molecule has 0 spiro atoms. The summed E-state index contributed by atoms with van der Waals surface area (Å²) in [5, 5.41) is 8.32. The van der Waals surface area contributed by atoms with Gasteiger partial charge in [0.1, 0.15) is 11.3 Å². The Bertz CT molecular complexity index is 1540. The van der Waals surface area contributed by atoms with E-state index in [0.29, 0.717) is 22.7 Å². The maximum absolute atomic E-state index is 12.3. The number of halogens is 1. The number of aromatic nitrogens is 3. The van der Waals surface area contributed by atoms with Crippen LogP contribution in [0.5, 0.6) is 0 Å². The Morgan fingerprint density at radius 3 is 2.67 bits per heavy atom. The van der Waals surface area contributed by atoms with E-state index in [1.807, 2.05) is 60.7 Å². The minimum Gasteiger partial charge on any atom is -0.454 e. The van der Waals surface area contributed by atoms with Crippen molar-refractivity contribution < 1.29 is 18.7 Å². The quantitative estimate of drug-likeness (QED) is 0.180. The number of ether oxygens (including phenoxy) is 1. The molecule has 0 aliphatic heterocycles. The minimum atomic E-state index is -0.689. The molecule has 0 aliphatic rings. The van der Waals surface area contributed by atoms with E-state index in [-0.39, 0.29) is 5.15 Å². The number of hydrogen-bond acceptors (Lipinski definition) is 6. The van der Waals surface area contributed by atoms with Crippen LogP contribution >= 0.6 is 11.6 Å². The van der Waals surface area contributed by atoms with Crippen LogP contribution in [0.25, 0.3) is 34.2 Å². The number of benzene rings is 2. The van der Waals surface area contributed by atoms with Gasteiger partial charge in [-0.1, -0.05) is 48.0 Å². The van der Waals surface area contributed by atoms with E-state index in [1.54, 1.807) is 29.1 Å². The van der Waals surface area contributed by atoms with Gasteiger partial charge in [-0.25, -0.2) is 14.5 Å². The Balaban J connectivity index is 1.34. The van der Waals surface area contributed by atoms with Crippen LogP contribution in [0.4, 0.5) is 5.69 Å². The Morgan fingerprint density at radius 1 is 1.06 bits per heavy atom. The van der Waals surface area contributed by atoms with Crippen molar-refractivity contribution in [1.82, 2.24) is 14.8 Å². The van der Waals surface area contributed by atoms with Gasteiger partial charge >= 0.3 is 5.97 Å². The monoisotopic (exact) mass is 498 g/mol. The molecule has 2 aromatic carbocycles. The molecule has 0 fully saturated rings. The zero-order chi connectivity index (χ0) is 24.9. The fourth-order valence-electron chi connectivity index (χ4n) is 3.52. The molecule has 1 amide bonds. The van der Waals surface area contributed by atoms with Crippen LogP contribution < -0.4 is 5.32 Å². The normalized spacial score (nSPS) is 11.1. The highest BCUT2D eigenvalue weighted by atomic mass is 35.5. The molecule has 0 saturated heterocycles. The van der Waals surface area contributed by atoms with E-state index in [1.165, 1.54) is 12.3 Å². The molecule has 0 bridgehead atoms. The number of carbonyl (C=O) groups is 2. The van der Waals surface area contributed by atoms with Crippen molar-refractivity contribution in [2.45, 2.75) is 0 Å². The first-order chi connectivity index (χ1) is 17.6. The van der Waals surface area contributed by atoms with Crippen LogP contribution in [-0.2, 0) is 14.3 Å². The highest BCUT2D eigenvalue weighted by Crippen LogP contribution is 2.30. The van der Waals surface area contributed by atoms with Crippen molar-refractivity contribution in [2.24, 2.45) is 0 Å². The van der Waals surface area contributed by atoms with Crippen LogP contribution in [0.2, 0.25) is 5.15 Å². The second-order valence-electron chi connectivity index (χ2n) is 7.69. The number of rotatable bonds is 7. The largest absolute Gasteiger partial charge is 0.454 e. The van der Waals surface area contributed by atoms with E-state index >= 15 is 0 Å². The summed E-state index contributed by atoms with van der Waals surface area (Å²) in [5.74, 6) is -0.663. The molecule has 5 rings (SSSR count). The summed E-state index contributed by atoms with van der Waals surface area (Å²) in [6.45, 7) is -0.478. The standard InChI is InChI=1S/C27H19ClN4O4/c28-27-21(10-6-14-29-27)30-24(33)17-35-25(34)13-12-19-16-32(20-8-2-1-3-9-20)31-26(19)23-15-18-7-4-5-11-22(18)36-23/h1-16H,17H2,(H,30,33)/b13-12+. The molecule has 0 radical (unpaired) electrons. The Labute approximate surface area is 210 Å². The third-order valence-corrected chi connectivity index (χ3v) is 5.50. The van der Waals surface area contributed by atoms with Crippen molar-refractivity contribution >= 4 is 46.2 Å². The van der Waals surface area contributed by atoms with Gasteiger partial charge in [0.15, 0.2) is 17.5 Å². The molecule has 0 atom stereocenters. The third-order valence-electron chi connectivity index (χ3n) is 5.20. The highest BCUT2D eigenvalue weighted by molar-refractivity contribution is 6.32. The maximum Gasteiger partial charge on any atom is 0.331 e. The Hall–Kier alpha value is -4.69. The van der Waals surface area contributed by atoms with Crippen molar-refractivity contribution in [1.29, 1.82) is 0 Å². The van der Waals surface area contributed by atoms with Gasteiger partial charge in [-0.2, -0.15) is 5.10 Å². The number of anilines is 1. The molecule has 9 heteroatoms. The van der Waals surface area contributed by atoms with Crippen molar-refractivity contribution in [3.63, 3.8) is 0 Å². The number of para-hydroxylation sites is 2. The second kappa shape index (κ2) is 10.3. The number of fused-ring (bicyclic) bond motifs is 1. The highest BCUT2D eigenvalue weighted by Gasteiger charge is 2.16. The molecule has 1 N–H and O–H groups in total. The third kappa shape index (κ3) is 5.18. The van der Waals surface area contributed by atoms with E-state index in [4.69, 9.17) is 25.9 Å². The van der Waals surface area contributed by atoms with Gasteiger partial charge in [0.2, 0.25) is 0 Å². The second-order valence-corrected chi connectivity index (χ2v) is 8.05. The molecule has 0 saturated carbocycles. The number of carbonyl (C=O) groups excluding carboxylic acids is 2.